The summed E-state index contributed by atoms with van der Waals surface area (Å²) in [5.74, 6) is 0. The molecule has 1 heterocycles. The molecule has 0 fully saturated rings. The lowest BCUT2D eigenvalue weighted by molar-refractivity contribution is -0.137. The summed E-state index contributed by atoms with van der Waals surface area (Å²) in [5.41, 5.74) is 0.0339. The molecule has 1 N–H and O–H groups in total. The molecule has 2 aromatic rings. The molecule has 0 aliphatic carbocycles. The minimum atomic E-state index is -4.53. The van der Waals surface area contributed by atoms with Crippen molar-refractivity contribution in [1.29, 1.82) is 5.26 Å². The van der Waals surface area contributed by atoms with Crippen molar-refractivity contribution in [2.24, 2.45) is 0 Å². The average Bonchev–Trinajstić information content (AvgIpc) is 2.92. The predicted molar refractivity (Wildman–Crippen MR) is 73.6 cm³/mol. The van der Waals surface area contributed by atoms with Gasteiger partial charge in [0.2, 0.25) is 0 Å². The number of hydrogen-bond donors (Lipinski definition) is 1. The van der Waals surface area contributed by atoms with E-state index in [9.17, 15) is 13.2 Å². The van der Waals surface area contributed by atoms with Crippen molar-refractivity contribution in [3.8, 4) is 6.07 Å². The number of anilines is 1. The summed E-state index contributed by atoms with van der Waals surface area (Å²) < 4.78 is 40.5. The van der Waals surface area contributed by atoms with Crippen molar-refractivity contribution in [1.82, 2.24) is 4.57 Å². The van der Waals surface area contributed by atoms with Crippen LogP contribution >= 0.6 is 0 Å². The molecule has 110 valence electrons. The fourth-order valence-electron chi connectivity index (χ4n) is 1.98. The first-order chi connectivity index (χ1) is 9.94. The highest BCUT2D eigenvalue weighted by molar-refractivity contribution is 5.53. The Balaban J connectivity index is 2.16. The van der Waals surface area contributed by atoms with Crippen molar-refractivity contribution in [2.45, 2.75) is 26.2 Å². The minimum Gasteiger partial charge on any atom is -0.381 e. The van der Waals surface area contributed by atoms with E-state index in [-0.39, 0.29) is 5.56 Å². The maximum absolute atomic E-state index is 12.8. The highest BCUT2D eigenvalue weighted by atomic mass is 19.4. The lowest BCUT2D eigenvalue weighted by atomic mass is 10.1. The number of rotatable bonds is 4. The van der Waals surface area contributed by atoms with Gasteiger partial charge in [-0.2, -0.15) is 18.4 Å². The molecule has 0 unspecified atom stereocenters. The van der Waals surface area contributed by atoms with Gasteiger partial charge in [-0.25, -0.2) is 0 Å². The molecule has 2 rings (SSSR count). The van der Waals surface area contributed by atoms with Crippen LogP contribution in [-0.2, 0) is 19.3 Å². The van der Waals surface area contributed by atoms with Gasteiger partial charge in [0.1, 0.15) is 0 Å². The SMILES string of the molecule is CCn1ccc(CNc2ccc(C#N)c(C(F)(F)F)c2)c1. The van der Waals surface area contributed by atoms with E-state index in [1.165, 1.54) is 12.1 Å². The Morgan fingerprint density at radius 2 is 2.05 bits per heavy atom. The Kier molecular flexibility index (Phi) is 4.22. The van der Waals surface area contributed by atoms with Crippen LogP contribution in [0.2, 0.25) is 0 Å². The van der Waals surface area contributed by atoms with E-state index in [0.29, 0.717) is 12.2 Å². The van der Waals surface area contributed by atoms with Gasteiger partial charge < -0.3 is 9.88 Å². The molecular formula is C15H14F3N3. The van der Waals surface area contributed by atoms with E-state index in [2.05, 4.69) is 5.32 Å². The smallest absolute Gasteiger partial charge is 0.381 e. The standard InChI is InChI=1S/C15H14F3N3/c1-2-21-6-5-11(10-21)9-20-13-4-3-12(8-19)14(7-13)15(16,17)18/h3-7,10,20H,2,9H2,1H3. The van der Waals surface area contributed by atoms with E-state index in [0.717, 1.165) is 18.2 Å². The number of aromatic nitrogens is 1. The quantitative estimate of drug-likeness (QED) is 0.925. The van der Waals surface area contributed by atoms with Crippen molar-refractivity contribution in [2.75, 3.05) is 5.32 Å². The van der Waals surface area contributed by atoms with Crippen LogP contribution < -0.4 is 5.32 Å². The maximum atomic E-state index is 12.8. The second kappa shape index (κ2) is 5.92. The zero-order chi connectivity index (χ0) is 15.5. The van der Waals surface area contributed by atoms with E-state index in [4.69, 9.17) is 5.26 Å². The molecule has 0 saturated heterocycles. The van der Waals surface area contributed by atoms with Crippen LogP contribution in [0.3, 0.4) is 0 Å². The summed E-state index contributed by atoms with van der Waals surface area (Å²) in [5, 5.41) is 11.7. The van der Waals surface area contributed by atoms with Gasteiger partial charge in [-0.15, -0.1) is 0 Å². The van der Waals surface area contributed by atoms with Gasteiger partial charge in [0.15, 0.2) is 0 Å². The van der Waals surface area contributed by atoms with Gasteiger partial charge in [-0.05, 0) is 36.8 Å². The third-order valence-corrected chi connectivity index (χ3v) is 3.12. The van der Waals surface area contributed by atoms with Crippen LogP contribution in [0.25, 0.3) is 0 Å². The van der Waals surface area contributed by atoms with Crippen molar-refractivity contribution < 1.29 is 13.2 Å². The number of halogens is 3. The second-order valence-corrected chi connectivity index (χ2v) is 4.57. The third kappa shape index (κ3) is 3.57. The minimum absolute atomic E-state index is 0.338. The second-order valence-electron chi connectivity index (χ2n) is 4.57. The normalized spacial score (nSPS) is 11.2. The van der Waals surface area contributed by atoms with Gasteiger partial charge >= 0.3 is 6.18 Å². The van der Waals surface area contributed by atoms with Gasteiger partial charge in [0.05, 0.1) is 17.2 Å². The molecule has 0 saturated carbocycles. The van der Waals surface area contributed by atoms with Crippen molar-refractivity contribution in [3.63, 3.8) is 0 Å². The summed E-state index contributed by atoms with van der Waals surface area (Å²) >= 11 is 0. The van der Waals surface area contributed by atoms with Crippen LogP contribution in [-0.4, -0.2) is 4.57 Å². The largest absolute Gasteiger partial charge is 0.417 e. The zero-order valence-electron chi connectivity index (χ0n) is 11.4. The van der Waals surface area contributed by atoms with Crippen LogP contribution in [0, 0.1) is 11.3 Å². The number of nitriles is 1. The first-order valence-corrected chi connectivity index (χ1v) is 6.44. The highest BCUT2D eigenvalue weighted by Gasteiger charge is 2.33. The maximum Gasteiger partial charge on any atom is 0.417 e. The first kappa shape index (κ1) is 15.0. The zero-order valence-corrected chi connectivity index (χ0v) is 11.4. The van der Waals surface area contributed by atoms with Gasteiger partial charge in [-0.3, -0.25) is 0 Å². The number of hydrogen-bond acceptors (Lipinski definition) is 2. The van der Waals surface area contributed by atoms with E-state index in [1.54, 1.807) is 6.07 Å². The first-order valence-electron chi connectivity index (χ1n) is 6.44. The summed E-state index contributed by atoms with van der Waals surface area (Å²) in [6.45, 7) is 3.28. The summed E-state index contributed by atoms with van der Waals surface area (Å²) in [6, 6.07) is 7.10. The Bertz CT molecular complexity index is 666. The topological polar surface area (TPSA) is 40.8 Å². The summed E-state index contributed by atoms with van der Waals surface area (Å²) in [4.78, 5) is 0. The molecule has 1 aromatic heterocycles. The number of nitrogens with one attached hydrogen (secondary N) is 1. The molecule has 0 aliphatic rings. The summed E-state index contributed by atoms with van der Waals surface area (Å²) in [7, 11) is 0. The number of aryl methyl sites for hydroxylation is 1. The predicted octanol–water partition coefficient (Wildman–Crippen LogP) is 4.01. The average molecular weight is 293 g/mol. The van der Waals surface area contributed by atoms with Gasteiger partial charge in [0.25, 0.3) is 0 Å². The number of benzene rings is 1. The van der Waals surface area contributed by atoms with E-state index < -0.39 is 11.7 Å². The molecular weight excluding hydrogens is 279 g/mol. The fourth-order valence-corrected chi connectivity index (χ4v) is 1.98. The van der Waals surface area contributed by atoms with Gasteiger partial charge in [0, 0.05) is 31.2 Å². The molecule has 1 aromatic carbocycles. The van der Waals surface area contributed by atoms with Gasteiger partial charge in [-0.1, -0.05) is 0 Å². The molecule has 0 aliphatic heterocycles. The van der Waals surface area contributed by atoms with Crippen LogP contribution in [0.1, 0.15) is 23.6 Å². The third-order valence-electron chi connectivity index (χ3n) is 3.12. The Labute approximate surface area is 120 Å². The molecule has 0 amide bonds. The van der Waals surface area contributed by atoms with Crippen LogP contribution in [0.4, 0.5) is 18.9 Å². The molecule has 0 radical (unpaired) electrons. The van der Waals surface area contributed by atoms with Crippen LogP contribution in [0.15, 0.2) is 36.7 Å². The van der Waals surface area contributed by atoms with E-state index in [1.807, 2.05) is 30.0 Å². The number of nitrogens with zero attached hydrogens (tertiary/aromatic N) is 2. The number of alkyl halides is 3. The fraction of sp³-hybridized carbons (Fsp3) is 0.267. The molecule has 21 heavy (non-hydrogen) atoms. The van der Waals surface area contributed by atoms with Crippen LogP contribution in [0.5, 0.6) is 0 Å². The Morgan fingerprint density at radius 3 is 2.62 bits per heavy atom. The molecule has 0 atom stereocenters. The Hall–Kier alpha value is -2.42. The molecule has 0 spiro atoms. The van der Waals surface area contributed by atoms with Crippen molar-refractivity contribution in [3.05, 3.63) is 53.3 Å². The molecule has 0 bridgehead atoms. The van der Waals surface area contributed by atoms with E-state index >= 15 is 0 Å². The molecule has 3 nitrogen and oxygen atoms in total. The molecule has 6 heteroatoms. The summed E-state index contributed by atoms with van der Waals surface area (Å²) in [6.07, 6.45) is -0.688. The van der Waals surface area contributed by atoms with Crippen molar-refractivity contribution >= 4 is 5.69 Å². The lowest BCUT2D eigenvalue weighted by Crippen LogP contribution is -2.09. The monoisotopic (exact) mass is 293 g/mol. The Morgan fingerprint density at radius 1 is 1.29 bits per heavy atom. The highest BCUT2D eigenvalue weighted by Crippen LogP contribution is 2.33. The lowest BCUT2D eigenvalue weighted by Gasteiger charge is -2.12.